The molecule has 3 N–H and O–H groups in total. The van der Waals surface area contributed by atoms with Gasteiger partial charge >= 0.3 is 12.1 Å². The number of ether oxygens (including phenoxy) is 2. The lowest BCUT2D eigenvalue weighted by Crippen LogP contribution is -2.40. The van der Waals surface area contributed by atoms with Gasteiger partial charge in [0.15, 0.2) is 0 Å². The molecule has 204 valence electrons. The molecule has 1 aliphatic rings. The number of aromatic carboxylic acids is 1. The summed E-state index contributed by atoms with van der Waals surface area (Å²) in [6.45, 7) is 1.02. The molecular formula is C29H32N4O6. The number of hydrogen-bond acceptors (Lipinski definition) is 7. The summed E-state index contributed by atoms with van der Waals surface area (Å²) in [5.74, 6) is -0.611. The van der Waals surface area contributed by atoms with E-state index in [4.69, 9.17) is 9.47 Å². The molecule has 1 aromatic heterocycles. The number of carboxylic acid groups (broad SMARTS) is 1. The van der Waals surface area contributed by atoms with Gasteiger partial charge in [0.05, 0.1) is 24.3 Å². The molecule has 0 bridgehead atoms. The van der Waals surface area contributed by atoms with Crippen molar-refractivity contribution in [1.29, 1.82) is 0 Å². The van der Waals surface area contributed by atoms with Crippen LogP contribution in [-0.2, 0) is 27.3 Å². The number of pyridine rings is 1. The van der Waals surface area contributed by atoms with Gasteiger partial charge in [0, 0.05) is 19.3 Å². The molecule has 3 aromatic rings. The van der Waals surface area contributed by atoms with Gasteiger partial charge in [0.2, 0.25) is 5.91 Å². The number of aromatic nitrogens is 1. The van der Waals surface area contributed by atoms with Crippen LogP contribution in [0.4, 0.5) is 10.6 Å². The molecule has 0 spiro atoms. The molecule has 1 aliphatic heterocycles. The fraction of sp³-hybridized carbons (Fsp3) is 0.310. The van der Waals surface area contributed by atoms with Gasteiger partial charge in [-0.2, -0.15) is 0 Å². The summed E-state index contributed by atoms with van der Waals surface area (Å²) in [6.07, 6.45) is 1.82. The maximum Gasteiger partial charge on any atom is 0.410 e. The van der Waals surface area contributed by atoms with Crippen molar-refractivity contribution in [1.82, 2.24) is 15.2 Å². The van der Waals surface area contributed by atoms with Crippen molar-refractivity contribution in [2.45, 2.75) is 31.6 Å². The molecule has 2 amide bonds. The molecule has 4 rings (SSSR count). The molecule has 10 heteroatoms. The highest BCUT2D eigenvalue weighted by molar-refractivity contribution is 5.89. The van der Waals surface area contributed by atoms with Gasteiger partial charge in [0.25, 0.3) is 0 Å². The minimum Gasteiger partial charge on any atom is -0.478 e. The van der Waals surface area contributed by atoms with Crippen LogP contribution in [0.1, 0.15) is 27.9 Å². The number of amides is 2. The molecule has 10 nitrogen and oxygen atoms in total. The van der Waals surface area contributed by atoms with Crippen LogP contribution in [0.5, 0.6) is 0 Å². The Labute approximate surface area is 227 Å². The molecule has 1 saturated heterocycles. The van der Waals surface area contributed by atoms with E-state index < -0.39 is 12.1 Å². The van der Waals surface area contributed by atoms with E-state index in [1.807, 2.05) is 48.5 Å². The highest BCUT2D eigenvalue weighted by atomic mass is 16.6. The van der Waals surface area contributed by atoms with Crippen LogP contribution in [0.15, 0.2) is 79.0 Å². The monoisotopic (exact) mass is 532 g/mol. The quantitative estimate of drug-likeness (QED) is 0.324. The highest BCUT2D eigenvalue weighted by Crippen LogP contribution is 2.22. The lowest BCUT2D eigenvalue weighted by molar-refractivity contribution is -0.127. The van der Waals surface area contributed by atoms with Crippen molar-refractivity contribution >= 4 is 23.8 Å². The van der Waals surface area contributed by atoms with Gasteiger partial charge < -0.3 is 30.1 Å². The summed E-state index contributed by atoms with van der Waals surface area (Å²) < 4.78 is 11.4. The smallest absolute Gasteiger partial charge is 0.410 e. The predicted octanol–water partition coefficient (Wildman–Crippen LogP) is 3.35. The Morgan fingerprint density at radius 2 is 1.77 bits per heavy atom. The molecule has 0 radical (unpaired) electrons. The first kappa shape index (κ1) is 27.6. The van der Waals surface area contributed by atoms with Crippen LogP contribution in [0, 0.1) is 0 Å². The standard InChI is InChI=1S/C29H32N4O6/c34-27(31-15-13-22-10-4-5-11-25(22)28(35)36)20-38-24-16-23(17-32-26-12-6-7-14-30-26)33(18-24)29(37)39-19-21-8-2-1-3-9-21/h1-12,14,23-24H,13,15-20H2,(H,30,32)(H,31,34)(H,35,36). The number of anilines is 1. The van der Waals surface area contributed by atoms with Crippen molar-refractivity contribution in [2.24, 2.45) is 0 Å². The predicted molar refractivity (Wildman–Crippen MR) is 144 cm³/mol. The number of likely N-dealkylation sites (tertiary alicyclic amines) is 1. The average molecular weight is 533 g/mol. The van der Waals surface area contributed by atoms with Crippen LogP contribution in [0.25, 0.3) is 0 Å². The summed E-state index contributed by atoms with van der Waals surface area (Å²) in [6, 6.07) is 21.5. The number of benzene rings is 2. The van der Waals surface area contributed by atoms with Gasteiger partial charge in [-0.3, -0.25) is 4.79 Å². The van der Waals surface area contributed by atoms with E-state index in [0.29, 0.717) is 37.3 Å². The van der Waals surface area contributed by atoms with Gasteiger partial charge in [-0.15, -0.1) is 0 Å². The van der Waals surface area contributed by atoms with E-state index >= 15 is 0 Å². The number of carbonyl (C=O) groups is 3. The van der Waals surface area contributed by atoms with E-state index in [9.17, 15) is 19.5 Å². The first-order valence-corrected chi connectivity index (χ1v) is 12.8. The van der Waals surface area contributed by atoms with Crippen LogP contribution < -0.4 is 10.6 Å². The molecule has 2 unspecified atom stereocenters. The van der Waals surface area contributed by atoms with E-state index in [1.165, 1.54) is 0 Å². The Morgan fingerprint density at radius 3 is 2.54 bits per heavy atom. The molecule has 0 saturated carbocycles. The summed E-state index contributed by atoms with van der Waals surface area (Å²) in [5, 5.41) is 15.3. The summed E-state index contributed by atoms with van der Waals surface area (Å²) in [4.78, 5) is 42.6. The van der Waals surface area contributed by atoms with Crippen LogP contribution >= 0.6 is 0 Å². The molecule has 2 aromatic carbocycles. The lowest BCUT2D eigenvalue weighted by Gasteiger charge is -2.24. The zero-order chi connectivity index (χ0) is 27.5. The third kappa shape index (κ3) is 8.27. The maximum atomic E-state index is 13.0. The first-order chi connectivity index (χ1) is 19.0. The van der Waals surface area contributed by atoms with Crippen molar-refractivity contribution in [3.8, 4) is 0 Å². The third-order valence-corrected chi connectivity index (χ3v) is 6.41. The second-order valence-corrected chi connectivity index (χ2v) is 9.17. The number of rotatable bonds is 12. The Bertz CT molecular complexity index is 1240. The number of nitrogens with one attached hydrogen (secondary N) is 2. The lowest BCUT2D eigenvalue weighted by atomic mass is 10.0. The normalized spacial score (nSPS) is 16.5. The fourth-order valence-corrected chi connectivity index (χ4v) is 4.43. The van der Waals surface area contributed by atoms with Crippen LogP contribution in [0.2, 0.25) is 0 Å². The first-order valence-electron chi connectivity index (χ1n) is 12.8. The second-order valence-electron chi connectivity index (χ2n) is 9.17. The number of carbonyl (C=O) groups excluding carboxylic acids is 2. The van der Waals surface area contributed by atoms with Gasteiger partial charge in [-0.1, -0.05) is 54.6 Å². The molecule has 0 aliphatic carbocycles. The largest absolute Gasteiger partial charge is 0.478 e. The molecule has 2 atom stereocenters. The molecular weight excluding hydrogens is 500 g/mol. The molecule has 2 heterocycles. The number of nitrogens with zero attached hydrogens (tertiary/aromatic N) is 2. The van der Waals surface area contributed by atoms with E-state index in [1.54, 1.807) is 35.4 Å². The summed E-state index contributed by atoms with van der Waals surface area (Å²) in [7, 11) is 0. The summed E-state index contributed by atoms with van der Waals surface area (Å²) >= 11 is 0. The fourth-order valence-electron chi connectivity index (χ4n) is 4.43. The average Bonchev–Trinajstić information content (AvgIpc) is 3.38. The minimum absolute atomic E-state index is 0.162. The van der Waals surface area contributed by atoms with E-state index in [2.05, 4.69) is 15.6 Å². The van der Waals surface area contributed by atoms with Crippen LogP contribution in [0.3, 0.4) is 0 Å². The van der Waals surface area contributed by atoms with Crippen molar-refractivity contribution < 1.29 is 29.0 Å². The second kappa shape index (κ2) is 13.9. The Balaban J connectivity index is 1.27. The number of carboxylic acids is 1. The zero-order valence-corrected chi connectivity index (χ0v) is 21.5. The topological polar surface area (TPSA) is 130 Å². The molecule has 1 fully saturated rings. The Hall–Kier alpha value is -4.44. The van der Waals surface area contributed by atoms with Gasteiger partial charge in [-0.05, 0) is 42.2 Å². The van der Waals surface area contributed by atoms with Crippen molar-refractivity contribution in [3.05, 3.63) is 95.7 Å². The molecule has 39 heavy (non-hydrogen) atoms. The van der Waals surface area contributed by atoms with E-state index in [0.717, 1.165) is 5.56 Å². The van der Waals surface area contributed by atoms with Gasteiger partial charge in [0.1, 0.15) is 19.0 Å². The Morgan fingerprint density at radius 1 is 1.00 bits per heavy atom. The summed E-state index contributed by atoms with van der Waals surface area (Å²) in [5.41, 5.74) is 1.76. The Kier molecular flexibility index (Phi) is 9.85. The van der Waals surface area contributed by atoms with Crippen LogP contribution in [-0.4, -0.2) is 71.3 Å². The number of hydrogen-bond donors (Lipinski definition) is 3. The zero-order valence-electron chi connectivity index (χ0n) is 21.5. The van der Waals surface area contributed by atoms with Crippen molar-refractivity contribution in [3.63, 3.8) is 0 Å². The SMILES string of the molecule is O=C(COC1CC(CNc2ccccn2)N(C(=O)OCc2ccccc2)C1)NCCc1ccccc1C(=O)O. The maximum absolute atomic E-state index is 13.0. The van der Waals surface area contributed by atoms with E-state index in [-0.39, 0.29) is 43.4 Å². The minimum atomic E-state index is -1.000. The third-order valence-electron chi connectivity index (χ3n) is 6.41. The van der Waals surface area contributed by atoms with Gasteiger partial charge in [-0.25, -0.2) is 14.6 Å². The van der Waals surface area contributed by atoms with Crippen molar-refractivity contribution in [2.75, 3.05) is 31.6 Å². The highest BCUT2D eigenvalue weighted by Gasteiger charge is 2.37.